The Hall–Kier alpha value is -2.06. The molecule has 0 aromatic heterocycles. The van der Waals surface area contributed by atoms with Gasteiger partial charge >= 0.3 is 0 Å². The molecule has 1 N–H and O–H groups in total. The van der Waals surface area contributed by atoms with Crippen LogP contribution in [0.5, 0.6) is 5.75 Å². The molecule has 0 heterocycles. The molecule has 2 aromatic rings. The van der Waals surface area contributed by atoms with Gasteiger partial charge in [0.1, 0.15) is 12.4 Å². The van der Waals surface area contributed by atoms with Crippen LogP contribution in [0.25, 0.3) is 0 Å². The number of rotatable bonds is 6. The van der Waals surface area contributed by atoms with Gasteiger partial charge in [0.2, 0.25) is 0 Å². The average Bonchev–Trinajstić information content (AvgIpc) is 2.63. The van der Waals surface area contributed by atoms with E-state index < -0.39 is 0 Å². The maximum atomic E-state index is 9.19. The molecule has 0 fully saturated rings. The Morgan fingerprint density at radius 1 is 0.957 bits per heavy atom. The van der Waals surface area contributed by atoms with Crippen LogP contribution in [0.4, 0.5) is 0 Å². The van der Waals surface area contributed by atoms with Crippen LogP contribution in [0, 0.1) is 5.92 Å². The predicted molar refractivity (Wildman–Crippen MR) is 93.4 cm³/mol. The second-order valence-corrected chi connectivity index (χ2v) is 6.28. The first kappa shape index (κ1) is 15.8. The van der Waals surface area contributed by atoms with E-state index in [1.54, 1.807) is 0 Å². The molecule has 2 nitrogen and oxygen atoms in total. The first-order chi connectivity index (χ1) is 11.3. The molecular weight excluding hydrogens is 284 g/mol. The molecule has 1 unspecified atom stereocenters. The number of ether oxygens (including phenoxy) is 1. The third-order valence-corrected chi connectivity index (χ3v) is 4.47. The van der Waals surface area contributed by atoms with Gasteiger partial charge in [-0.15, -0.1) is 0 Å². The lowest BCUT2D eigenvalue weighted by Crippen LogP contribution is -2.10. The molecule has 0 saturated heterocycles. The Kier molecular flexibility index (Phi) is 5.49. The van der Waals surface area contributed by atoms with E-state index in [4.69, 9.17) is 4.74 Å². The minimum atomic E-state index is 0.317. The van der Waals surface area contributed by atoms with Gasteiger partial charge in [0.05, 0.1) is 0 Å². The van der Waals surface area contributed by atoms with Crippen LogP contribution in [0.15, 0.2) is 66.2 Å². The summed E-state index contributed by atoms with van der Waals surface area (Å²) < 4.78 is 5.82. The van der Waals surface area contributed by atoms with Crippen molar-refractivity contribution in [2.24, 2.45) is 5.92 Å². The van der Waals surface area contributed by atoms with E-state index in [1.165, 1.54) is 16.7 Å². The number of aliphatic hydroxyl groups is 1. The second-order valence-electron chi connectivity index (χ2n) is 6.28. The van der Waals surface area contributed by atoms with Crippen molar-refractivity contribution < 1.29 is 9.84 Å². The van der Waals surface area contributed by atoms with Crippen molar-refractivity contribution in [1.82, 2.24) is 0 Å². The van der Waals surface area contributed by atoms with Crippen molar-refractivity contribution in [1.29, 1.82) is 0 Å². The normalized spacial score (nSPS) is 17.6. The molecule has 1 atom stereocenters. The van der Waals surface area contributed by atoms with Crippen molar-refractivity contribution in [2.45, 2.75) is 32.3 Å². The SMILES string of the molecule is OCC1CC=C(Cc2ccc(OCc3ccccc3)cc2)CC1. The van der Waals surface area contributed by atoms with Gasteiger partial charge in [-0.1, -0.05) is 54.1 Å². The lowest BCUT2D eigenvalue weighted by atomic mass is 9.87. The monoisotopic (exact) mass is 308 g/mol. The van der Waals surface area contributed by atoms with Gasteiger partial charge in [0, 0.05) is 6.61 Å². The molecule has 0 bridgehead atoms. The van der Waals surface area contributed by atoms with Gasteiger partial charge in [-0.25, -0.2) is 0 Å². The first-order valence-corrected chi connectivity index (χ1v) is 8.38. The smallest absolute Gasteiger partial charge is 0.119 e. The van der Waals surface area contributed by atoms with Crippen molar-refractivity contribution in [3.63, 3.8) is 0 Å². The van der Waals surface area contributed by atoms with Crippen LogP contribution in [-0.2, 0) is 13.0 Å². The minimum Gasteiger partial charge on any atom is -0.489 e. The molecule has 3 rings (SSSR count). The molecule has 0 amide bonds. The minimum absolute atomic E-state index is 0.317. The van der Waals surface area contributed by atoms with Crippen LogP contribution in [-0.4, -0.2) is 11.7 Å². The van der Waals surface area contributed by atoms with Gasteiger partial charge in [-0.2, -0.15) is 0 Å². The van der Waals surface area contributed by atoms with Gasteiger partial charge in [-0.05, 0) is 54.9 Å². The molecule has 1 aliphatic rings. The Bertz CT molecular complexity index is 629. The average molecular weight is 308 g/mol. The summed E-state index contributed by atoms with van der Waals surface area (Å²) in [6.45, 7) is 0.922. The zero-order valence-electron chi connectivity index (χ0n) is 13.4. The highest BCUT2D eigenvalue weighted by molar-refractivity contribution is 5.30. The molecule has 120 valence electrons. The Labute approximate surface area is 138 Å². The molecule has 0 saturated carbocycles. The highest BCUT2D eigenvalue weighted by Gasteiger charge is 2.13. The van der Waals surface area contributed by atoms with Crippen molar-refractivity contribution >= 4 is 0 Å². The molecule has 23 heavy (non-hydrogen) atoms. The summed E-state index contributed by atoms with van der Waals surface area (Å²) in [4.78, 5) is 0. The van der Waals surface area contributed by atoms with Crippen LogP contribution >= 0.6 is 0 Å². The number of benzene rings is 2. The van der Waals surface area contributed by atoms with Crippen LogP contribution < -0.4 is 4.74 Å². The fourth-order valence-corrected chi connectivity index (χ4v) is 2.98. The molecule has 2 heteroatoms. The van der Waals surface area contributed by atoms with Gasteiger partial charge in [-0.3, -0.25) is 0 Å². The largest absolute Gasteiger partial charge is 0.489 e. The first-order valence-electron chi connectivity index (χ1n) is 8.38. The molecule has 2 aromatic carbocycles. The van der Waals surface area contributed by atoms with Crippen molar-refractivity contribution in [3.8, 4) is 5.75 Å². The number of hydrogen-bond acceptors (Lipinski definition) is 2. The predicted octanol–water partition coefficient (Wildman–Crippen LogP) is 4.53. The lowest BCUT2D eigenvalue weighted by molar-refractivity contribution is 0.216. The molecule has 0 radical (unpaired) electrons. The summed E-state index contributed by atoms with van der Waals surface area (Å²) in [6, 6.07) is 18.6. The zero-order valence-corrected chi connectivity index (χ0v) is 13.4. The fraction of sp³-hybridized carbons (Fsp3) is 0.333. The van der Waals surface area contributed by atoms with E-state index in [1.807, 2.05) is 18.2 Å². The maximum absolute atomic E-state index is 9.19. The third kappa shape index (κ3) is 4.70. The fourth-order valence-electron chi connectivity index (χ4n) is 2.98. The summed E-state index contributed by atoms with van der Waals surface area (Å²) in [5.74, 6) is 1.38. The van der Waals surface area contributed by atoms with E-state index in [0.29, 0.717) is 19.1 Å². The highest BCUT2D eigenvalue weighted by Crippen LogP contribution is 2.26. The summed E-state index contributed by atoms with van der Waals surface area (Å²) in [5.41, 5.74) is 4.00. The lowest BCUT2D eigenvalue weighted by Gasteiger charge is -2.20. The summed E-state index contributed by atoms with van der Waals surface area (Å²) in [7, 11) is 0. The summed E-state index contributed by atoms with van der Waals surface area (Å²) in [5, 5.41) is 9.19. The Morgan fingerprint density at radius 3 is 2.39 bits per heavy atom. The van der Waals surface area contributed by atoms with Crippen molar-refractivity contribution in [3.05, 3.63) is 77.4 Å². The Morgan fingerprint density at radius 2 is 1.74 bits per heavy atom. The third-order valence-electron chi connectivity index (χ3n) is 4.47. The van der Waals surface area contributed by atoms with Crippen LogP contribution in [0.1, 0.15) is 30.4 Å². The zero-order chi connectivity index (χ0) is 15.9. The van der Waals surface area contributed by atoms with Gasteiger partial charge < -0.3 is 9.84 Å². The number of aliphatic hydroxyl groups excluding tert-OH is 1. The molecule has 0 spiro atoms. The molecule has 1 aliphatic carbocycles. The number of allylic oxidation sites excluding steroid dienone is 2. The number of hydrogen-bond donors (Lipinski definition) is 1. The van der Waals surface area contributed by atoms with Gasteiger partial charge in [0.25, 0.3) is 0 Å². The summed E-state index contributed by atoms with van der Waals surface area (Å²) in [6.07, 6.45) is 6.56. The molecular formula is C21H24O2. The Balaban J connectivity index is 1.52. The molecule has 0 aliphatic heterocycles. The van der Waals surface area contributed by atoms with E-state index in [0.717, 1.165) is 31.4 Å². The second kappa shape index (κ2) is 7.98. The topological polar surface area (TPSA) is 29.5 Å². The summed E-state index contributed by atoms with van der Waals surface area (Å²) >= 11 is 0. The van der Waals surface area contributed by atoms with E-state index in [-0.39, 0.29) is 0 Å². The van der Waals surface area contributed by atoms with E-state index >= 15 is 0 Å². The van der Waals surface area contributed by atoms with Gasteiger partial charge in [0.15, 0.2) is 0 Å². The van der Waals surface area contributed by atoms with Crippen molar-refractivity contribution in [2.75, 3.05) is 6.61 Å². The standard InChI is InChI=1S/C21H24O2/c22-15-19-8-6-17(7-9-19)14-18-10-12-21(13-11-18)23-16-20-4-2-1-3-5-20/h1-6,10-13,19,22H,7-9,14-16H2. The quantitative estimate of drug-likeness (QED) is 0.795. The van der Waals surface area contributed by atoms with E-state index in [2.05, 4.69) is 42.5 Å². The maximum Gasteiger partial charge on any atom is 0.119 e. The van der Waals surface area contributed by atoms with E-state index in [9.17, 15) is 5.11 Å². The highest BCUT2D eigenvalue weighted by atomic mass is 16.5. The van der Waals surface area contributed by atoms with Crippen LogP contribution in [0.2, 0.25) is 0 Å². The van der Waals surface area contributed by atoms with Crippen LogP contribution in [0.3, 0.4) is 0 Å².